The molecule has 1 amide bonds. The molecule has 0 aliphatic carbocycles. The SMILES string of the molecule is COc1ccc(C(=O)CN(C)CC(=O)N2CCCC2)cc1. The van der Waals surface area contributed by atoms with Crippen LogP contribution in [-0.4, -0.2) is 61.8 Å². The smallest absolute Gasteiger partial charge is 0.236 e. The summed E-state index contributed by atoms with van der Waals surface area (Å²) < 4.78 is 5.07. The summed E-state index contributed by atoms with van der Waals surface area (Å²) in [5.41, 5.74) is 0.635. The van der Waals surface area contributed by atoms with Gasteiger partial charge in [-0.15, -0.1) is 0 Å². The molecule has 0 bridgehead atoms. The second-order valence-electron chi connectivity index (χ2n) is 5.41. The van der Waals surface area contributed by atoms with Crippen LogP contribution in [0.3, 0.4) is 0 Å². The Hall–Kier alpha value is -1.88. The predicted octanol–water partition coefficient (Wildman–Crippen LogP) is 1.43. The van der Waals surface area contributed by atoms with E-state index in [2.05, 4.69) is 0 Å². The fourth-order valence-corrected chi connectivity index (χ4v) is 2.47. The third kappa shape index (κ3) is 4.29. The Labute approximate surface area is 125 Å². The van der Waals surface area contributed by atoms with E-state index in [0.29, 0.717) is 12.1 Å². The number of likely N-dealkylation sites (N-methyl/N-ethyl adjacent to an activating group) is 1. The number of ketones is 1. The van der Waals surface area contributed by atoms with Crippen LogP contribution >= 0.6 is 0 Å². The fourth-order valence-electron chi connectivity index (χ4n) is 2.47. The van der Waals surface area contributed by atoms with E-state index in [4.69, 9.17) is 4.74 Å². The van der Waals surface area contributed by atoms with E-state index in [-0.39, 0.29) is 18.2 Å². The van der Waals surface area contributed by atoms with Gasteiger partial charge in [0.05, 0.1) is 20.2 Å². The fraction of sp³-hybridized carbons (Fsp3) is 0.500. The molecule has 1 aromatic rings. The van der Waals surface area contributed by atoms with Crippen molar-refractivity contribution < 1.29 is 14.3 Å². The molecule has 5 nitrogen and oxygen atoms in total. The van der Waals surface area contributed by atoms with Crippen molar-refractivity contribution in [1.29, 1.82) is 0 Å². The molecule has 0 radical (unpaired) electrons. The molecule has 1 aromatic carbocycles. The number of hydrogen-bond acceptors (Lipinski definition) is 4. The largest absolute Gasteiger partial charge is 0.497 e. The van der Waals surface area contributed by atoms with Crippen LogP contribution in [0, 0.1) is 0 Å². The zero-order valence-corrected chi connectivity index (χ0v) is 12.7. The predicted molar refractivity (Wildman–Crippen MR) is 80.6 cm³/mol. The number of likely N-dealkylation sites (tertiary alicyclic amines) is 1. The molecule has 0 saturated carbocycles. The minimum Gasteiger partial charge on any atom is -0.497 e. The van der Waals surface area contributed by atoms with Crippen molar-refractivity contribution in [3.63, 3.8) is 0 Å². The molecule has 0 aromatic heterocycles. The topological polar surface area (TPSA) is 49.9 Å². The summed E-state index contributed by atoms with van der Waals surface area (Å²) in [5, 5.41) is 0. The van der Waals surface area contributed by atoms with Crippen molar-refractivity contribution in [3.8, 4) is 5.75 Å². The van der Waals surface area contributed by atoms with Crippen LogP contribution in [0.25, 0.3) is 0 Å². The molecule has 1 aliphatic heterocycles. The van der Waals surface area contributed by atoms with E-state index in [1.54, 1.807) is 43.3 Å². The molecule has 1 saturated heterocycles. The first kappa shape index (κ1) is 15.5. The monoisotopic (exact) mass is 290 g/mol. The lowest BCUT2D eigenvalue weighted by molar-refractivity contribution is -0.130. The third-order valence-corrected chi connectivity index (χ3v) is 3.69. The molecule has 0 atom stereocenters. The first-order chi connectivity index (χ1) is 10.1. The van der Waals surface area contributed by atoms with Gasteiger partial charge in [-0.3, -0.25) is 14.5 Å². The molecule has 2 rings (SSSR count). The second kappa shape index (κ2) is 7.22. The Bertz CT molecular complexity index is 493. The summed E-state index contributed by atoms with van der Waals surface area (Å²) in [5.74, 6) is 0.844. The number of nitrogens with zero attached hydrogens (tertiary/aromatic N) is 2. The second-order valence-corrected chi connectivity index (χ2v) is 5.41. The van der Waals surface area contributed by atoms with Gasteiger partial charge in [-0.2, -0.15) is 0 Å². The van der Waals surface area contributed by atoms with Crippen molar-refractivity contribution in [2.24, 2.45) is 0 Å². The zero-order chi connectivity index (χ0) is 15.2. The van der Waals surface area contributed by atoms with E-state index >= 15 is 0 Å². The van der Waals surface area contributed by atoms with Crippen molar-refractivity contribution in [3.05, 3.63) is 29.8 Å². The normalized spacial score (nSPS) is 14.5. The first-order valence-electron chi connectivity index (χ1n) is 7.23. The molecule has 0 N–H and O–H groups in total. The maximum absolute atomic E-state index is 12.2. The van der Waals surface area contributed by atoms with Crippen molar-refractivity contribution in [2.75, 3.05) is 40.3 Å². The van der Waals surface area contributed by atoms with E-state index in [9.17, 15) is 9.59 Å². The van der Waals surface area contributed by atoms with Gasteiger partial charge in [0.1, 0.15) is 5.75 Å². The van der Waals surface area contributed by atoms with Crippen LogP contribution < -0.4 is 4.74 Å². The molecule has 114 valence electrons. The number of rotatable bonds is 6. The number of hydrogen-bond donors (Lipinski definition) is 0. The van der Waals surface area contributed by atoms with Crippen molar-refractivity contribution >= 4 is 11.7 Å². The standard InChI is InChI=1S/C16H22N2O3/c1-17(12-16(20)18-9-3-4-10-18)11-15(19)13-5-7-14(21-2)8-6-13/h5-8H,3-4,9-12H2,1-2H3. The van der Waals surface area contributed by atoms with E-state index in [0.717, 1.165) is 31.7 Å². The maximum atomic E-state index is 12.2. The summed E-state index contributed by atoms with van der Waals surface area (Å²) in [4.78, 5) is 27.8. The van der Waals surface area contributed by atoms with Gasteiger partial charge in [0.15, 0.2) is 5.78 Å². The molecular weight excluding hydrogens is 268 g/mol. The van der Waals surface area contributed by atoms with Gasteiger partial charge in [-0.25, -0.2) is 0 Å². The summed E-state index contributed by atoms with van der Waals surface area (Å²) in [7, 11) is 3.39. The minimum atomic E-state index is 0.00868. The lowest BCUT2D eigenvalue weighted by Crippen LogP contribution is -2.39. The number of carbonyl (C=O) groups is 2. The molecule has 0 spiro atoms. The van der Waals surface area contributed by atoms with Crippen LogP contribution in [0.15, 0.2) is 24.3 Å². The maximum Gasteiger partial charge on any atom is 0.236 e. The Morgan fingerprint density at radius 2 is 1.76 bits per heavy atom. The number of Topliss-reactive ketones (excluding diaryl/α,β-unsaturated/α-hetero) is 1. The van der Waals surface area contributed by atoms with Gasteiger partial charge in [0.2, 0.25) is 5.91 Å². The molecule has 1 heterocycles. The van der Waals surface area contributed by atoms with Crippen LogP contribution in [0.1, 0.15) is 23.2 Å². The average molecular weight is 290 g/mol. The van der Waals surface area contributed by atoms with Gasteiger partial charge >= 0.3 is 0 Å². The van der Waals surface area contributed by atoms with Crippen LogP contribution in [-0.2, 0) is 4.79 Å². The van der Waals surface area contributed by atoms with E-state index < -0.39 is 0 Å². The van der Waals surface area contributed by atoms with Crippen molar-refractivity contribution in [2.45, 2.75) is 12.8 Å². The lowest BCUT2D eigenvalue weighted by Gasteiger charge is -2.20. The van der Waals surface area contributed by atoms with Gasteiger partial charge in [0, 0.05) is 18.7 Å². The van der Waals surface area contributed by atoms with Crippen LogP contribution in [0.5, 0.6) is 5.75 Å². The molecule has 0 unspecified atom stereocenters. The zero-order valence-electron chi connectivity index (χ0n) is 12.7. The number of benzene rings is 1. The van der Waals surface area contributed by atoms with Crippen molar-refractivity contribution in [1.82, 2.24) is 9.80 Å². The molecular formula is C16H22N2O3. The summed E-state index contributed by atoms with van der Waals surface area (Å²) in [6.07, 6.45) is 2.17. The summed E-state index contributed by atoms with van der Waals surface area (Å²) in [6.45, 7) is 2.23. The average Bonchev–Trinajstić information content (AvgIpc) is 3.01. The van der Waals surface area contributed by atoms with Gasteiger partial charge < -0.3 is 9.64 Å². The minimum absolute atomic E-state index is 0.00868. The highest BCUT2D eigenvalue weighted by atomic mass is 16.5. The Balaban J connectivity index is 1.84. The van der Waals surface area contributed by atoms with E-state index in [1.165, 1.54) is 0 Å². The summed E-state index contributed by atoms with van der Waals surface area (Å²) in [6, 6.07) is 7.03. The first-order valence-corrected chi connectivity index (χ1v) is 7.23. The van der Waals surface area contributed by atoms with E-state index in [1.807, 2.05) is 4.90 Å². The lowest BCUT2D eigenvalue weighted by atomic mass is 10.1. The summed E-state index contributed by atoms with van der Waals surface area (Å²) >= 11 is 0. The molecule has 21 heavy (non-hydrogen) atoms. The van der Waals surface area contributed by atoms with Gasteiger partial charge in [0.25, 0.3) is 0 Å². The number of ether oxygens (including phenoxy) is 1. The van der Waals surface area contributed by atoms with Crippen LogP contribution in [0.4, 0.5) is 0 Å². The Morgan fingerprint density at radius 1 is 1.14 bits per heavy atom. The Morgan fingerprint density at radius 3 is 2.33 bits per heavy atom. The highest BCUT2D eigenvalue weighted by Gasteiger charge is 2.20. The molecule has 1 aliphatic rings. The van der Waals surface area contributed by atoms with Crippen LogP contribution in [0.2, 0.25) is 0 Å². The third-order valence-electron chi connectivity index (χ3n) is 3.69. The number of amides is 1. The highest BCUT2D eigenvalue weighted by molar-refractivity contribution is 5.97. The highest BCUT2D eigenvalue weighted by Crippen LogP contribution is 2.12. The quantitative estimate of drug-likeness (QED) is 0.744. The number of methoxy groups -OCH3 is 1. The molecule has 5 heteroatoms. The Kier molecular flexibility index (Phi) is 5.33. The molecule has 1 fully saturated rings. The van der Waals surface area contributed by atoms with Gasteiger partial charge in [-0.05, 0) is 44.2 Å². The van der Waals surface area contributed by atoms with Gasteiger partial charge in [-0.1, -0.05) is 0 Å². The number of carbonyl (C=O) groups excluding carboxylic acids is 2.